The monoisotopic (exact) mass is 367 g/mol. The summed E-state index contributed by atoms with van der Waals surface area (Å²) in [6.45, 7) is 2.31. The fraction of sp³-hybridized carbons (Fsp3) is 0.263. The van der Waals surface area contributed by atoms with Gasteiger partial charge in [-0.3, -0.25) is 19.1 Å². The molecule has 0 saturated heterocycles. The molecule has 0 atom stereocenters. The van der Waals surface area contributed by atoms with E-state index in [-0.39, 0.29) is 11.5 Å². The molecule has 0 aliphatic heterocycles. The molecule has 0 aliphatic carbocycles. The topological polar surface area (TPSA) is 125 Å². The summed E-state index contributed by atoms with van der Waals surface area (Å²) in [5.74, 6) is -0.570. The number of anilines is 2. The first-order valence-electron chi connectivity index (χ1n) is 8.48. The SMILES string of the molecule is CCCCn1c(N)c(N(C)C(=O)/C=C/c2ccccc2C#N)c(=O)[nH]c1=O. The Balaban J connectivity index is 2.37. The van der Waals surface area contributed by atoms with Crippen molar-refractivity contribution < 1.29 is 4.79 Å². The van der Waals surface area contributed by atoms with Crippen LogP contribution in [0.1, 0.15) is 30.9 Å². The number of carbonyl (C=O) groups excluding carboxylic acids is 1. The number of nitrogens with one attached hydrogen (secondary N) is 1. The number of carbonyl (C=O) groups is 1. The highest BCUT2D eigenvalue weighted by Crippen LogP contribution is 2.16. The number of nitrogen functional groups attached to an aromatic ring is 1. The quantitative estimate of drug-likeness (QED) is 0.748. The zero-order valence-electron chi connectivity index (χ0n) is 15.2. The van der Waals surface area contributed by atoms with E-state index in [0.29, 0.717) is 24.1 Å². The number of likely N-dealkylation sites (N-methyl/N-ethyl adjacent to an activating group) is 1. The smallest absolute Gasteiger partial charge is 0.330 e. The summed E-state index contributed by atoms with van der Waals surface area (Å²) < 4.78 is 1.25. The van der Waals surface area contributed by atoms with Crippen LogP contribution in [0.4, 0.5) is 11.5 Å². The third kappa shape index (κ3) is 4.33. The van der Waals surface area contributed by atoms with Crippen LogP contribution >= 0.6 is 0 Å². The van der Waals surface area contributed by atoms with Crippen LogP contribution < -0.4 is 21.9 Å². The average molecular weight is 367 g/mol. The van der Waals surface area contributed by atoms with Crippen molar-refractivity contribution in [3.05, 3.63) is 62.3 Å². The molecule has 2 rings (SSSR count). The molecule has 0 unspecified atom stereocenters. The Morgan fingerprint density at radius 1 is 1.37 bits per heavy atom. The lowest BCUT2D eigenvalue weighted by Gasteiger charge is -2.19. The van der Waals surface area contributed by atoms with Gasteiger partial charge in [0.1, 0.15) is 5.82 Å². The van der Waals surface area contributed by atoms with Crippen LogP contribution in [0, 0.1) is 11.3 Å². The predicted molar refractivity (Wildman–Crippen MR) is 104 cm³/mol. The molecule has 1 aromatic heterocycles. The lowest BCUT2D eigenvalue weighted by atomic mass is 10.1. The third-order valence-electron chi connectivity index (χ3n) is 4.10. The van der Waals surface area contributed by atoms with Crippen molar-refractivity contribution in [1.82, 2.24) is 9.55 Å². The zero-order valence-corrected chi connectivity index (χ0v) is 15.2. The molecule has 0 fully saturated rings. The highest BCUT2D eigenvalue weighted by atomic mass is 16.2. The van der Waals surface area contributed by atoms with E-state index in [4.69, 9.17) is 11.0 Å². The molecule has 1 aromatic carbocycles. The second kappa shape index (κ2) is 8.67. The molecule has 2 aromatic rings. The Morgan fingerprint density at radius 3 is 2.74 bits per heavy atom. The van der Waals surface area contributed by atoms with Crippen molar-refractivity contribution in [1.29, 1.82) is 5.26 Å². The Bertz CT molecular complexity index is 1030. The molecule has 140 valence electrons. The van der Waals surface area contributed by atoms with Crippen molar-refractivity contribution in [2.45, 2.75) is 26.3 Å². The summed E-state index contributed by atoms with van der Waals surface area (Å²) in [6.07, 6.45) is 4.29. The number of hydrogen-bond acceptors (Lipinski definition) is 5. The van der Waals surface area contributed by atoms with Gasteiger partial charge in [-0.05, 0) is 24.1 Å². The van der Waals surface area contributed by atoms with Crippen molar-refractivity contribution in [2.24, 2.45) is 0 Å². The molecule has 0 saturated carbocycles. The predicted octanol–water partition coefficient (Wildman–Crippen LogP) is 1.47. The molecule has 0 bridgehead atoms. The molecular weight excluding hydrogens is 346 g/mol. The van der Waals surface area contributed by atoms with E-state index >= 15 is 0 Å². The number of aromatic nitrogens is 2. The van der Waals surface area contributed by atoms with Crippen LogP contribution in [0.5, 0.6) is 0 Å². The van der Waals surface area contributed by atoms with Gasteiger partial charge < -0.3 is 10.6 Å². The van der Waals surface area contributed by atoms with Crippen LogP contribution in [0.15, 0.2) is 39.9 Å². The minimum Gasteiger partial charge on any atom is -0.383 e. The molecular formula is C19H21N5O3. The Hall–Kier alpha value is -3.60. The van der Waals surface area contributed by atoms with Gasteiger partial charge in [0.25, 0.3) is 11.5 Å². The number of amides is 1. The standard InChI is InChI=1S/C19H21N5O3/c1-3-4-11-24-17(21)16(18(26)22-19(24)27)23(2)15(25)10-9-13-7-5-6-8-14(13)12-20/h5-10H,3-4,11,21H2,1-2H3,(H,22,26,27)/b10-9+. The van der Waals surface area contributed by atoms with Crippen molar-refractivity contribution in [2.75, 3.05) is 17.7 Å². The van der Waals surface area contributed by atoms with Crippen LogP contribution in [0.3, 0.4) is 0 Å². The molecule has 1 amide bonds. The molecule has 3 N–H and O–H groups in total. The van der Waals surface area contributed by atoms with E-state index in [0.717, 1.165) is 11.3 Å². The maximum atomic E-state index is 12.5. The minimum atomic E-state index is -0.730. The maximum absolute atomic E-state index is 12.5. The van der Waals surface area contributed by atoms with Gasteiger partial charge >= 0.3 is 5.69 Å². The summed E-state index contributed by atoms with van der Waals surface area (Å²) in [7, 11) is 1.40. The second-order valence-electron chi connectivity index (χ2n) is 5.93. The fourth-order valence-electron chi connectivity index (χ4n) is 2.57. The molecule has 8 nitrogen and oxygen atoms in total. The number of H-pyrrole nitrogens is 1. The highest BCUT2D eigenvalue weighted by Gasteiger charge is 2.19. The molecule has 0 aliphatic rings. The molecule has 27 heavy (non-hydrogen) atoms. The van der Waals surface area contributed by atoms with E-state index < -0.39 is 17.2 Å². The van der Waals surface area contributed by atoms with Crippen molar-refractivity contribution in [3.8, 4) is 6.07 Å². The zero-order chi connectivity index (χ0) is 20.0. The number of nitrogens with zero attached hydrogens (tertiary/aromatic N) is 3. The lowest BCUT2D eigenvalue weighted by Crippen LogP contribution is -2.38. The van der Waals surface area contributed by atoms with Gasteiger partial charge in [0.15, 0.2) is 5.69 Å². The van der Waals surface area contributed by atoms with Gasteiger partial charge in [0, 0.05) is 19.7 Å². The van der Waals surface area contributed by atoms with E-state index in [9.17, 15) is 14.4 Å². The number of hydrogen-bond donors (Lipinski definition) is 2. The average Bonchev–Trinajstić information content (AvgIpc) is 2.65. The fourth-order valence-corrected chi connectivity index (χ4v) is 2.57. The van der Waals surface area contributed by atoms with E-state index in [2.05, 4.69) is 4.98 Å². The summed E-state index contributed by atoms with van der Waals surface area (Å²) in [4.78, 5) is 39.9. The minimum absolute atomic E-state index is 0.0566. The molecule has 1 heterocycles. The number of unbranched alkanes of at least 4 members (excludes halogenated alkanes) is 1. The number of aromatic amines is 1. The van der Waals surface area contributed by atoms with Crippen LogP contribution in [-0.4, -0.2) is 22.5 Å². The third-order valence-corrected chi connectivity index (χ3v) is 4.10. The summed E-state index contributed by atoms with van der Waals surface area (Å²) in [5.41, 5.74) is 5.58. The second-order valence-corrected chi connectivity index (χ2v) is 5.93. The molecule has 8 heteroatoms. The normalized spacial score (nSPS) is 10.7. The number of nitrogens with two attached hydrogens (primary N) is 1. The van der Waals surface area contributed by atoms with Gasteiger partial charge in [0.2, 0.25) is 0 Å². The van der Waals surface area contributed by atoms with Crippen molar-refractivity contribution in [3.63, 3.8) is 0 Å². The first-order chi connectivity index (χ1) is 12.9. The molecule has 0 radical (unpaired) electrons. The van der Waals surface area contributed by atoms with E-state index in [1.165, 1.54) is 23.8 Å². The van der Waals surface area contributed by atoms with Gasteiger partial charge in [-0.25, -0.2) is 4.79 Å². The molecule has 0 spiro atoms. The highest BCUT2D eigenvalue weighted by molar-refractivity contribution is 6.04. The lowest BCUT2D eigenvalue weighted by molar-refractivity contribution is -0.113. The van der Waals surface area contributed by atoms with Gasteiger partial charge in [0.05, 0.1) is 11.6 Å². The summed E-state index contributed by atoms with van der Waals surface area (Å²) in [6, 6.07) is 8.86. The van der Waals surface area contributed by atoms with Crippen LogP contribution in [0.25, 0.3) is 6.08 Å². The summed E-state index contributed by atoms with van der Waals surface area (Å²) >= 11 is 0. The van der Waals surface area contributed by atoms with E-state index in [1.807, 2.05) is 13.0 Å². The van der Waals surface area contributed by atoms with Crippen LogP contribution in [0.2, 0.25) is 0 Å². The Morgan fingerprint density at radius 2 is 2.07 bits per heavy atom. The first-order valence-corrected chi connectivity index (χ1v) is 8.48. The first kappa shape index (κ1) is 19.7. The maximum Gasteiger partial charge on any atom is 0.330 e. The van der Waals surface area contributed by atoms with Crippen molar-refractivity contribution >= 4 is 23.5 Å². The Labute approximate surface area is 156 Å². The number of nitriles is 1. The van der Waals surface area contributed by atoms with Gasteiger partial charge in [-0.1, -0.05) is 31.5 Å². The number of rotatable bonds is 6. The number of benzene rings is 1. The van der Waals surface area contributed by atoms with Gasteiger partial charge in [-0.2, -0.15) is 5.26 Å². The largest absolute Gasteiger partial charge is 0.383 e. The van der Waals surface area contributed by atoms with E-state index in [1.54, 1.807) is 24.3 Å². The Kier molecular flexibility index (Phi) is 6.33. The van der Waals surface area contributed by atoms with Crippen LogP contribution in [-0.2, 0) is 11.3 Å². The van der Waals surface area contributed by atoms with Gasteiger partial charge in [-0.15, -0.1) is 0 Å². The summed E-state index contributed by atoms with van der Waals surface area (Å²) in [5, 5.41) is 9.10.